The third-order valence-electron chi connectivity index (χ3n) is 4.22. The molecule has 1 aromatic carbocycles. The van der Waals surface area contributed by atoms with Crippen molar-refractivity contribution >= 4 is 28.5 Å². The Kier molecular flexibility index (Phi) is 4.80. The van der Waals surface area contributed by atoms with Gasteiger partial charge in [0.25, 0.3) is 5.91 Å². The van der Waals surface area contributed by atoms with Crippen molar-refractivity contribution in [2.24, 2.45) is 10.7 Å². The lowest BCUT2D eigenvalue weighted by Crippen LogP contribution is -2.25. The van der Waals surface area contributed by atoms with Crippen LogP contribution in [-0.2, 0) is 5.54 Å². The molecule has 1 aliphatic heterocycles. The summed E-state index contributed by atoms with van der Waals surface area (Å²) in [6.07, 6.45) is 7.32. The highest BCUT2D eigenvalue weighted by Gasteiger charge is 2.29. The molecule has 0 spiro atoms. The molecule has 3 N–H and O–H groups in total. The maximum atomic E-state index is 14.5. The number of rotatable bonds is 4. The molecule has 29 heavy (non-hydrogen) atoms. The lowest BCUT2D eigenvalue weighted by Gasteiger charge is -2.26. The number of nitrogens with one attached hydrogen (secondary N) is 1. The number of aliphatic imine (C=N–C) groups is 1. The largest absolute Gasteiger partial charge is 0.378 e. The van der Waals surface area contributed by atoms with Crippen LogP contribution in [0.1, 0.15) is 23.0 Å². The molecule has 3 aromatic rings. The molecule has 3 heterocycles. The van der Waals surface area contributed by atoms with E-state index in [0.29, 0.717) is 22.2 Å². The number of hydrogen-bond acceptors (Lipinski definition) is 8. The van der Waals surface area contributed by atoms with Crippen molar-refractivity contribution in [1.82, 2.24) is 24.7 Å². The zero-order valence-corrected chi connectivity index (χ0v) is 16.0. The topological polar surface area (TPSA) is 124 Å². The third-order valence-corrected chi connectivity index (χ3v) is 4.82. The highest BCUT2D eigenvalue weighted by Crippen LogP contribution is 2.35. The molecular formula is C18H15FN8OS. The van der Waals surface area contributed by atoms with Crippen molar-refractivity contribution in [3.05, 3.63) is 71.8 Å². The van der Waals surface area contributed by atoms with E-state index in [4.69, 9.17) is 5.73 Å². The first kappa shape index (κ1) is 18.7. The Morgan fingerprint density at radius 3 is 2.86 bits per heavy atom. The van der Waals surface area contributed by atoms with Crippen LogP contribution in [0.4, 0.5) is 10.1 Å². The maximum Gasteiger partial charge on any atom is 0.275 e. The molecule has 1 aliphatic rings. The normalized spacial score (nSPS) is 18.3. The summed E-state index contributed by atoms with van der Waals surface area (Å²) in [5.74, 6) is -0.507. The molecule has 1 amide bonds. The Hall–Kier alpha value is -3.60. The zero-order valence-electron chi connectivity index (χ0n) is 15.2. The SMILES string of the molecule is C[C@@]1(c2cc(NC(=O)c3cnc(-n4cncn4)cn3)ccc2F)C=CSC(N)=N1. The summed E-state index contributed by atoms with van der Waals surface area (Å²) in [6, 6.07) is 4.27. The number of amides is 1. The van der Waals surface area contributed by atoms with Gasteiger partial charge in [0, 0.05) is 11.3 Å². The Morgan fingerprint density at radius 1 is 1.31 bits per heavy atom. The Labute approximate surface area is 169 Å². The van der Waals surface area contributed by atoms with E-state index in [1.807, 2.05) is 0 Å². The van der Waals surface area contributed by atoms with Crippen LogP contribution in [0.3, 0.4) is 0 Å². The van der Waals surface area contributed by atoms with Gasteiger partial charge in [-0.25, -0.2) is 29.0 Å². The molecule has 0 aliphatic carbocycles. The fourth-order valence-electron chi connectivity index (χ4n) is 2.75. The molecule has 11 heteroatoms. The van der Waals surface area contributed by atoms with E-state index in [1.54, 1.807) is 18.4 Å². The number of thioether (sulfide) groups is 1. The minimum atomic E-state index is -0.959. The van der Waals surface area contributed by atoms with E-state index in [9.17, 15) is 9.18 Å². The van der Waals surface area contributed by atoms with Gasteiger partial charge in [-0.2, -0.15) is 5.10 Å². The number of nitrogens with two attached hydrogens (primary N) is 1. The number of carbonyl (C=O) groups is 1. The van der Waals surface area contributed by atoms with Gasteiger partial charge in [0.1, 0.15) is 29.7 Å². The molecule has 9 nitrogen and oxygen atoms in total. The number of benzene rings is 1. The molecule has 146 valence electrons. The van der Waals surface area contributed by atoms with Gasteiger partial charge in [-0.1, -0.05) is 11.8 Å². The lowest BCUT2D eigenvalue weighted by atomic mass is 9.92. The summed E-state index contributed by atoms with van der Waals surface area (Å²) < 4.78 is 15.9. The average Bonchev–Trinajstić information content (AvgIpc) is 3.24. The first-order valence-corrected chi connectivity index (χ1v) is 9.31. The van der Waals surface area contributed by atoms with E-state index in [-0.39, 0.29) is 5.69 Å². The molecule has 0 saturated carbocycles. The predicted molar refractivity (Wildman–Crippen MR) is 107 cm³/mol. The third kappa shape index (κ3) is 3.85. The number of carbonyl (C=O) groups excluding carboxylic acids is 1. The van der Waals surface area contributed by atoms with Gasteiger partial charge in [0.2, 0.25) is 0 Å². The minimum Gasteiger partial charge on any atom is -0.378 e. The van der Waals surface area contributed by atoms with Gasteiger partial charge in [0.15, 0.2) is 11.0 Å². The Balaban J connectivity index is 1.56. The molecule has 0 saturated heterocycles. The van der Waals surface area contributed by atoms with Crippen LogP contribution < -0.4 is 11.1 Å². The van der Waals surface area contributed by atoms with Crippen LogP contribution in [0.15, 0.2) is 59.7 Å². The van der Waals surface area contributed by atoms with Crippen molar-refractivity contribution in [2.45, 2.75) is 12.5 Å². The first-order chi connectivity index (χ1) is 13.9. The second-order valence-corrected chi connectivity index (χ2v) is 7.19. The summed E-state index contributed by atoms with van der Waals surface area (Å²) >= 11 is 1.26. The number of nitrogens with zero attached hydrogens (tertiary/aromatic N) is 6. The molecule has 1 atom stereocenters. The number of halogens is 1. The van der Waals surface area contributed by atoms with E-state index in [2.05, 4.69) is 30.4 Å². The van der Waals surface area contributed by atoms with E-state index >= 15 is 0 Å². The van der Waals surface area contributed by atoms with E-state index < -0.39 is 17.3 Å². The molecule has 0 bridgehead atoms. The number of anilines is 1. The molecule has 4 rings (SSSR count). The average molecular weight is 410 g/mol. The van der Waals surface area contributed by atoms with Crippen molar-refractivity contribution in [1.29, 1.82) is 0 Å². The van der Waals surface area contributed by atoms with Crippen molar-refractivity contribution in [2.75, 3.05) is 5.32 Å². The number of hydrogen-bond donors (Lipinski definition) is 2. The molecule has 0 radical (unpaired) electrons. The molecule has 0 unspecified atom stereocenters. The van der Waals surface area contributed by atoms with Crippen molar-refractivity contribution in [3.63, 3.8) is 0 Å². The molecular weight excluding hydrogens is 395 g/mol. The van der Waals surface area contributed by atoms with Gasteiger partial charge in [0.05, 0.1) is 12.4 Å². The van der Waals surface area contributed by atoms with Crippen LogP contribution in [0.2, 0.25) is 0 Å². The Morgan fingerprint density at radius 2 is 2.17 bits per heavy atom. The lowest BCUT2D eigenvalue weighted by molar-refractivity contribution is 0.102. The quantitative estimate of drug-likeness (QED) is 0.676. The van der Waals surface area contributed by atoms with Crippen LogP contribution in [-0.4, -0.2) is 35.8 Å². The maximum absolute atomic E-state index is 14.5. The number of aromatic nitrogens is 5. The standard InChI is InChI=1S/C18H15FN8OS/c1-18(4-5-29-17(20)26-18)12-6-11(2-3-13(12)19)25-16(28)14-7-23-15(8-22-14)27-10-21-9-24-27/h2-10H,1H3,(H2,20,26)(H,25,28)/t18-/m0/s1. The van der Waals surface area contributed by atoms with Crippen LogP contribution >= 0.6 is 11.8 Å². The van der Waals surface area contributed by atoms with E-state index in [1.165, 1.54) is 59.7 Å². The summed E-state index contributed by atoms with van der Waals surface area (Å²) in [4.78, 5) is 28.9. The highest BCUT2D eigenvalue weighted by molar-refractivity contribution is 8.16. The fourth-order valence-corrected chi connectivity index (χ4v) is 3.46. The van der Waals surface area contributed by atoms with Gasteiger partial charge in [-0.15, -0.1) is 0 Å². The summed E-state index contributed by atoms with van der Waals surface area (Å²) in [5.41, 5.74) is 5.62. The minimum absolute atomic E-state index is 0.0992. The van der Waals surface area contributed by atoms with E-state index in [0.717, 1.165) is 0 Å². The first-order valence-electron chi connectivity index (χ1n) is 8.43. The second-order valence-electron chi connectivity index (χ2n) is 6.27. The summed E-state index contributed by atoms with van der Waals surface area (Å²) in [5, 5.41) is 8.74. The van der Waals surface area contributed by atoms with Gasteiger partial charge < -0.3 is 11.1 Å². The monoisotopic (exact) mass is 410 g/mol. The number of amidine groups is 1. The van der Waals surface area contributed by atoms with Crippen molar-refractivity contribution in [3.8, 4) is 5.82 Å². The highest BCUT2D eigenvalue weighted by atomic mass is 32.2. The zero-order chi connectivity index (χ0) is 20.4. The van der Waals surface area contributed by atoms with Gasteiger partial charge in [-0.3, -0.25) is 4.79 Å². The summed E-state index contributed by atoms with van der Waals surface area (Å²) in [6.45, 7) is 1.74. The van der Waals surface area contributed by atoms with Gasteiger partial charge in [-0.05, 0) is 36.6 Å². The smallest absolute Gasteiger partial charge is 0.275 e. The molecule has 2 aromatic heterocycles. The van der Waals surface area contributed by atoms with Crippen LogP contribution in [0.25, 0.3) is 5.82 Å². The second kappa shape index (κ2) is 7.43. The van der Waals surface area contributed by atoms with Crippen LogP contribution in [0.5, 0.6) is 0 Å². The summed E-state index contributed by atoms with van der Waals surface area (Å²) in [7, 11) is 0. The Bertz CT molecular complexity index is 1110. The van der Waals surface area contributed by atoms with Crippen molar-refractivity contribution < 1.29 is 9.18 Å². The van der Waals surface area contributed by atoms with Crippen LogP contribution in [0, 0.1) is 5.82 Å². The fraction of sp³-hybridized carbons (Fsp3) is 0.111. The van der Waals surface area contributed by atoms with Gasteiger partial charge >= 0.3 is 0 Å². The predicted octanol–water partition coefficient (Wildman–Crippen LogP) is 2.24. The molecule has 0 fully saturated rings.